The molecule has 0 saturated heterocycles. The SMILES string of the molecule is CC(C)(C)c1nnsc1C(N)c1ccccc1C(F)(F)F. The van der Waals surface area contributed by atoms with Gasteiger partial charge in [0.05, 0.1) is 22.2 Å². The van der Waals surface area contributed by atoms with Crippen LogP contribution < -0.4 is 5.73 Å². The van der Waals surface area contributed by atoms with E-state index in [9.17, 15) is 13.2 Å². The molecule has 1 heterocycles. The first-order chi connectivity index (χ1) is 9.62. The van der Waals surface area contributed by atoms with E-state index in [0.717, 1.165) is 17.6 Å². The van der Waals surface area contributed by atoms with E-state index in [4.69, 9.17) is 5.73 Å². The average molecular weight is 315 g/mol. The van der Waals surface area contributed by atoms with Gasteiger partial charge in [0.1, 0.15) is 0 Å². The normalized spacial score (nSPS) is 14.2. The molecule has 1 aromatic heterocycles. The van der Waals surface area contributed by atoms with E-state index in [-0.39, 0.29) is 11.0 Å². The lowest BCUT2D eigenvalue weighted by molar-refractivity contribution is -0.138. The molecule has 0 amide bonds. The highest BCUT2D eigenvalue weighted by atomic mass is 32.1. The molecule has 7 heteroatoms. The molecule has 2 N–H and O–H groups in total. The van der Waals surface area contributed by atoms with Crippen LogP contribution in [0.25, 0.3) is 0 Å². The monoisotopic (exact) mass is 315 g/mol. The summed E-state index contributed by atoms with van der Waals surface area (Å²) in [6.07, 6.45) is -4.44. The van der Waals surface area contributed by atoms with Crippen LogP contribution in [0.3, 0.4) is 0 Å². The van der Waals surface area contributed by atoms with Crippen LogP contribution in [0, 0.1) is 0 Å². The van der Waals surface area contributed by atoms with Crippen molar-refractivity contribution in [2.75, 3.05) is 0 Å². The van der Waals surface area contributed by atoms with Gasteiger partial charge in [-0.05, 0) is 23.2 Å². The summed E-state index contributed by atoms with van der Waals surface area (Å²) >= 11 is 1.05. The summed E-state index contributed by atoms with van der Waals surface area (Å²) in [7, 11) is 0. The lowest BCUT2D eigenvalue weighted by atomic mass is 9.88. The summed E-state index contributed by atoms with van der Waals surface area (Å²) in [5.41, 5.74) is 5.72. The number of aromatic nitrogens is 2. The van der Waals surface area contributed by atoms with Crippen LogP contribution in [0.1, 0.15) is 48.5 Å². The van der Waals surface area contributed by atoms with Crippen LogP contribution in [-0.4, -0.2) is 9.59 Å². The molecule has 0 aliphatic carbocycles. The van der Waals surface area contributed by atoms with Gasteiger partial charge < -0.3 is 5.73 Å². The Balaban J connectivity index is 2.52. The lowest BCUT2D eigenvalue weighted by Crippen LogP contribution is -2.22. The summed E-state index contributed by atoms with van der Waals surface area (Å²) < 4.78 is 43.2. The van der Waals surface area contributed by atoms with Crippen molar-refractivity contribution in [3.63, 3.8) is 0 Å². The van der Waals surface area contributed by atoms with Gasteiger partial charge in [-0.2, -0.15) is 13.2 Å². The molecule has 114 valence electrons. The quantitative estimate of drug-likeness (QED) is 0.914. The minimum absolute atomic E-state index is 0.0431. The maximum atomic E-state index is 13.1. The first kappa shape index (κ1) is 15.9. The van der Waals surface area contributed by atoms with Crippen molar-refractivity contribution in [2.45, 2.75) is 38.4 Å². The molecular formula is C14H16F3N3S. The van der Waals surface area contributed by atoms with E-state index < -0.39 is 17.8 Å². The standard InChI is InChI=1S/C14H16F3N3S/c1-13(2,3)12-11(21-20-19-12)10(18)8-6-4-5-7-9(8)14(15,16)17/h4-7,10H,18H2,1-3H3. The smallest absolute Gasteiger partial charge is 0.319 e. The molecule has 0 radical (unpaired) electrons. The summed E-state index contributed by atoms with van der Waals surface area (Å²) in [5, 5.41) is 4.03. The Labute approximate surface area is 125 Å². The highest BCUT2D eigenvalue weighted by Crippen LogP contribution is 2.38. The number of hydrogen-bond acceptors (Lipinski definition) is 4. The van der Waals surface area contributed by atoms with Gasteiger partial charge in [0.25, 0.3) is 0 Å². The third-order valence-electron chi connectivity index (χ3n) is 3.11. The van der Waals surface area contributed by atoms with E-state index in [1.54, 1.807) is 6.07 Å². The maximum Gasteiger partial charge on any atom is 0.416 e. The van der Waals surface area contributed by atoms with Gasteiger partial charge in [0, 0.05) is 5.41 Å². The number of benzene rings is 1. The molecule has 0 spiro atoms. The Bertz CT molecular complexity index is 629. The van der Waals surface area contributed by atoms with Crippen LogP contribution in [-0.2, 0) is 11.6 Å². The van der Waals surface area contributed by atoms with Gasteiger partial charge in [0.15, 0.2) is 0 Å². The number of alkyl halides is 3. The second kappa shape index (κ2) is 5.38. The fraction of sp³-hybridized carbons (Fsp3) is 0.429. The number of rotatable bonds is 2. The second-order valence-electron chi connectivity index (χ2n) is 5.80. The number of nitrogens with zero attached hydrogens (tertiary/aromatic N) is 2. The highest BCUT2D eigenvalue weighted by Gasteiger charge is 2.36. The van der Waals surface area contributed by atoms with Crippen LogP contribution in [0.4, 0.5) is 13.2 Å². The minimum atomic E-state index is -4.44. The summed E-state index contributed by atoms with van der Waals surface area (Å²) in [5.74, 6) is 0. The Morgan fingerprint density at radius 3 is 2.33 bits per heavy atom. The number of halogens is 3. The molecule has 1 unspecified atom stereocenters. The molecule has 1 aromatic carbocycles. The van der Waals surface area contributed by atoms with Crippen molar-refractivity contribution in [3.8, 4) is 0 Å². The molecule has 0 aliphatic rings. The van der Waals surface area contributed by atoms with Gasteiger partial charge in [0.2, 0.25) is 0 Å². The first-order valence-corrected chi connectivity index (χ1v) is 7.14. The van der Waals surface area contributed by atoms with E-state index in [0.29, 0.717) is 10.6 Å². The Hall–Kier alpha value is -1.47. The highest BCUT2D eigenvalue weighted by molar-refractivity contribution is 7.05. The van der Waals surface area contributed by atoms with Crippen molar-refractivity contribution < 1.29 is 13.2 Å². The van der Waals surface area contributed by atoms with Crippen LogP contribution >= 0.6 is 11.5 Å². The first-order valence-electron chi connectivity index (χ1n) is 6.37. The third-order valence-corrected chi connectivity index (χ3v) is 3.91. The van der Waals surface area contributed by atoms with Crippen molar-refractivity contribution in [1.82, 2.24) is 9.59 Å². The predicted octanol–water partition coefficient (Wildman–Crippen LogP) is 3.90. The van der Waals surface area contributed by atoms with E-state index in [2.05, 4.69) is 9.59 Å². The van der Waals surface area contributed by atoms with Crippen molar-refractivity contribution in [3.05, 3.63) is 46.0 Å². The topological polar surface area (TPSA) is 51.8 Å². The molecule has 21 heavy (non-hydrogen) atoms. The van der Waals surface area contributed by atoms with Crippen molar-refractivity contribution in [2.24, 2.45) is 5.73 Å². The Morgan fingerprint density at radius 1 is 1.14 bits per heavy atom. The number of hydrogen-bond donors (Lipinski definition) is 1. The molecule has 2 rings (SSSR count). The van der Waals surface area contributed by atoms with E-state index in [1.165, 1.54) is 12.1 Å². The molecule has 1 atom stereocenters. The molecule has 3 nitrogen and oxygen atoms in total. The zero-order valence-electron chi connectivity index (χ0n) is 11.9. The molecule has 0 fully saturated rings. The summed E-state index contributed by atoms with van der Waals surface area (Å²) in [6, 6.07) is 4.46. The predicted molar refractivity (Wildman–Crippen MR) is 76.1 cm³/mol. The van der Waals surface area contributed by atoms with Gasteiger partial charge in [-0.3, -0.25) is 0 Å². The third kappa shape index (κ3) is 3.24. The zero-order valence-corrected chi connectivity index (χ0v) is 12.7. The van der Waals surface area contributed by atoms with E-state index >= 15 is 0 Å². The minimum Gasteiger partial charge on any atom is -0.319 e. The molecular weight excluding hydrogens is 299 g/mol. The Morgan fingerprint density at radius 2 is 1.76 bits per heavy atom. The number of nitrogens with two attached hydrogens (primary N) is 1. The van der Waals surface area contributed by atoms with E-state index in [1.807, 2.05) is 20.8 Å². The summed E-state index contributed by atoms with van der Waals surface area (Å²) in [6.45, 7) is 5.78. The lowest BCUT2D eigenvalue weighted by Gasteiger charge is -2.21. The Kier molecular flexibility index (Phi) is 4.08. The van der Waals surface area contributed by atoms with Gasteiger partial charge in [-0.25, -0.2) is 0 Å². The van der Waals surface area contributed by atoms with Gasteiger partial charge in [-0.1, -0.05) is 43.5 Å². The fourth-order valence-electron chi connectivity index (χ4n) is 2.09. The van der Waals surface area contributed by atoms with Gasteiger partial charge in [-0.15, -0.1) is 5.10 Å². The van der Waals surface area contributed by atoms with Crippen LogP contribution in [0.5, 0.6) is 0 Å². The molecule has 0 aliphatic heterocycles. The maximum absolute atomic E-state index is 13.1. The average Bonchev–Trinajstić information content (AvgIpc) is 2.86. The molecule has 0 bridgehead atoms. The molecule has 0 saturated carbocycles. The zero-order chi connectivity index (χ0) is 15.8. The molecule has 2 aromatic rings. The van der Waals surface area contributed by atoms with Gasteiger partial charge >= 0.3 is 6.18 Å². The van der Waals surface area contributed by atoms with Crippen molar-refractivity contribution >= 4 is 11.5 Å². The van der Waals surface area contributed by atoms with Crippen molar-refractivity contribution in [1.29, 1.82) is 0 Å². The van der Waals surface area contributed by atoms with Crippen LogP contribution in [0.15, 0.2) is 24.3 Å². The van der Waals surface area contributed by atoms with Crippen LogP contribution in [0.2, 0.25) is 0 Å². The second-order valence-corrected chi connectivity index (χ2v) is 6.58. The summed E-state index contributed by atoms with van der Waals surface area (Å²) in [4.78, 5) is 0.569. The fourth-order valence-corrected chi connectivity index (χ4v) is 2.97. The largest absolute Gasteiger partial charge is 0.416 e.